The van der Waals surface area contributed by atoms with Crippen LogP contribution in [0.3, 0.4) is 0 Å². The Hall–Kier alpha value is -1.46. The number of rotatable bonds is 5. The van der Waals surface area contributed by atoms with Crippen molar-refractivity contribution in [3.63, 3.8) is 0 Å². The van der Waals surface area contributed by atoms with Crippen molar-refractivity contribution in [2.24, 2.45) is 0 Å². The summed E-state index contributed by atoms with van der Waals surface area (Å²) in [6.07, 6.45) is 3.76. The Labute approximate surface area is 135 Å². The number of thioether (sulfide) groups is 1. The molecule has 4 nitrogen and oxygen atoms in total. The third-order valence-corrected chi connectivity index (χ3v) is 5.08. The van der Waals surface area contributed by atoms with Crippen molar-refractivity contribution in [3.8, 4) is 0 Å². The molecule has 1 amide bonds. The lowest BCUT2D eigenvalue weighted by molar-refractivity contribution is -0.116. The molecule has 0 bridgehead atoms. The highest BCUT2D eigenvalue weighted by molar-refractivity contribution is 7.99. The van der Waals surface area contributed by atoms with Crippen molar-refractivity contribution in [1.29, 1.82) is 0 Å². The molecule has 2 N–H and O–H groups in total. The van der Waals surface area contributed by atoms with Gasteiger partial charge in [0.1, 0.15) is 0 Å². The quantitative estimate of drug-likeness (QED) is 0.891. The molecule has 1 saturated heterocycles. The third kappa shape index (κ3) is 3.65. The predicted molar refractivity (Wildman–Crippen MR) is 94.6 cm³/mol. The summed E-state index contributed by atoms with van der Waals surface area (Å²) in [5.41, 5.74) is 2.07. The van der Waals surface area contributed by atoms with Gasteiger partial charge in [0.2, 0.25) is 5.91 Å². The predicted octanol–water partition coefficient (Wildman–Crippen LogP) is 3.08. The van der Waals surface area contributed by atoms with Crippen molar-refractivity contribution in [2.75, 3.05) is 23.4 Å². The molecule has 1 aromatic carbocycles. The number of nitrogens with one attached hydrogen (secondary N) is 2. The number of aryl methyl sites for hydroxylation is 1. The lowest BCUT2D eigenvalue weighted by atomic mass is 10.2. The van der Waals surface area contributed by atoms with Crippen molar-refractivity contribution in [1.82, 2.24) is 9.88 Å². The largest absolute Gasteiger partial charge is 0.347 e. The molecule has 118 valence electrons. The van der Waals surface area contributed by atoms with Crippen LogP contribution in [0.4, 0.5) is 5.69 Å². The van der Waals surface area contributed by atoms with Gasteiger partial charge in [-0.2, -0.15) is 11.8 Å². The summed E-state index contributed by atoms with van der Waals surface area (Å²) in [5.74, 6) is 2.25. The Bertz CT molecular complexity index is 646. The molecule has 1 fully saturated rings. The van der Waals surface area contributed by atoms with Crippen LogP contribution in [0.15, 0.2) is 30.5 Å². The summed E-state index contributed by atoms with van der Waals surface area (Å²) in [4.78, 5) is 12.2. The van der Waals surface area contributed by atoms with Gasteiger partial charge in [-0.1, -0.05) is 13.0 Å². The van der Waals surface area contributed by atoms with Crippen LogP contribution in [0, 0.1) is 0 Å². The van der Waals surface area contributed by atoms with E-state index in [0.29, 0.717) is 12.5 Å². The standard InChI is InChI=1S/C17H23N3OS/c1-2-7-20-8-5-13-3-4-14(10-16(13)20)19-17(21)11-15-12-22-9-6-18-15/h3-5,8,10,15,18H,2,6-7,9,11-12H2,1H3,(H,19,21). The highest BCUT2D eigenvalue weighted by atomic mass is 32.2. The van der Waals surface area contributed by atoms with Gasteiger partial charge in [-0.3, -0.25) is 4.79 Å². The van der Waals surface area contributed by atoms with Crippen LogP contribution in [0.2, 0.25) is 0 Å². The number of benzene rings is 1. The molecule has 0 aliphatic carbocycles. The maximum atomic E-state index is 12.2. The van der Waals surface area contributed by atoms with E-state index < -0.39 is 0 Å². The van der Waals surface area contributed by atoms with Crippen LogP contribution in [-0.2, 0) is 11.3 Å². The Morgan fingerprint density at radius 1 is 1.45 bits per heavy atom. The molecule has 0 spiro atoms. The Morgan fingerprint density at radius 2 is 2.36 bits per heavy atom. The van der Waals surface area contributed by atoms with E-state index in [1.165, 1.54) is 10.9 Å². The fraction of sp³-hybridized carbons (Fsp3) is 0.471. The lowest BCUT2D eigenvalue weighted by Crippen LogP contribution is -2.39. The Kier molecular flexibility index (Phi) is 5.05. The summed E-state index contributed by atoms with van der Waals surface area (Å²) in [5, 5.41) is 7.66. The zero-order valence-corrected chi connectivity index (χ0v) is 13.8. The first-order chi connectivity index (χ1) is 10.8. The topological polar surface area (TPSA) is 46.1 Å². The van der Waals surface area contributed by atoms with Crippen LogP contribution in [0.25, 0.3) is 10.9 Å². The number of hydrogen-bond donors (Lipinski definition) is 2. The van der Waals surface area contributed by atoms with Crippen molar-refractivity contribution >= 4 is 34.3 Å². The minimum Gasteiger partial charge on any atom is -0.347 e. The number of anilines is 1. The minimum atomic E-state index is 0.0907. The van der Waals surface area contributed by atoms with Gasteiger partial charge in [-0.15, -0.1) is 0 Å². The van der Waals surface area contributed by atoms with Gasteiger partial charge in [0.15, 0.2) is 0 Å². The molecule has 2 heterocycles. The average Bonchev–Trinajstić information content (AvgIpc) is 2.91. The molecule has 0 saturated carbocycles. The molecule has 1 aromatic heterocycles. The summed E-state index contributed by atoms with van der Waals surface area (Å²) in [6, 6.07) is 8.56. The number of nitrogens with zero attached hydrogens (tertiary/aromatic N) is 1. The van der Waals surface area contributed by atoms with Crippen molar-refractivity contribution in [3.05, 3.63) is 30.5 Å². The number of carbonyl (C=O) groups is 1. The molecule has 1 unspecified atom stereocenters. The summed E-state index contributed by atoms with van der Waals surface area (Å²) in [6.45, 7) is 4.18. The molecule has 1 atom stereocenters. The first kappa shape index (κ1) is 15.4. The number of hydrogen-bond acceptors (Lipinski definition) is 3. The van der Waals surface area contributed by atoms with E-state index in [-0.39, 0.29) is 5.91 Å². The molecule has 1 aliphatic rings. The molecule has 2 aromatic rings. The lowest BCUT2D eigenvalue weighted by Gasteiger charge is -2.22. The molecular formula is C17H23N3OS. The highest BCUT2D eigenvalue weighted by Gasteiger charge is 2.16. The second-order valence-electron chi connectivity index (χ2n) is 5.76. The van der Waals surface area contributed by atoms with Crippen molar-refractivity contribution in [2.45, 2.75) is 32.4 Å². The van der Waals surface area contributed by atoms with E-state index in [1.54, 1.807) is 0 Å². The normalized spacial score (nSPS) is 18.5. The number of carbonyl (C=O) groups excluding carboxylic acids is 1. The summed E-state index contributed by atoms with van der Waals surface area (Å²) < 4.78 is 2.24. The van der Waals surface area contributed by atoms with Crippen LogP contribution in [-0.4, -0.2) is 34.6 Å². The van der Waals surface area contributed by atoms with E-state index >= 15 is 0 Å². The van der Waals surface area contributed by atoms with E-state index in [2.05, 4.69) is 46.5 Å². The summed E-state index contributed by atoms with van der Waals surface area (Å²) >= 11 is 1.92. The second-order valence-corrected chi connectivity index (χ2v) is 6.91. The van der Waals surface area contributed by atoms with E-state index in [4.69, 9.17) is 0 Å². The maximum Gasteiger partial charge on any atom is 0.225 e. The van der Waals surface area contributed by atoms with Crippen LogP contribution < -0.4 is 10.6 Å². The van der Waals surface area contributed by atoms with Gasteiger partial charge < -0.3 is 15.2 Å². The van der Waals surface area contributed by atoms with E-state index in [0.717, 1.165) is 36.7 Å². The number of aromatic nitrogens is 1. The second kappa shape index (κ2) is 7.20. The van der Waals surface area contributed by atoms with E-state index in [1.807, 2.05) is 17.8 Å². The molecule has 1 aliphatic heterocycles. The van der Waals surface area contributed by atoms with E-state index in [9.17, 15) is 4.79 Å². The Balaban J connectivity index is 1.67. The highest BCUT2D eigenvalue weighted by Crippen LogP contribution is 2.21. The van der Waals surface area contributed by atoms with Crippen LogP contribution >= 0.6 is 11.8 Å². The first-order valence-electron chi connectivity index (χ1n) is 7.96. The Morgan fingerprint density at radius 3 is 3.14 bits per heavy atom. The minimum absolute atomic E-state index is 0.0907. The maximum absolute atomic E-state index is 12.2. The third-order valence-electron chi connectivity index (χ3n) is 3.95. The van der Waals surface area contributed by atoms with Gasteiger partial charge in [0, 0.05) is 48.9 Å². The SMILES string of the molecule is CCCn1ccc2ccc(NC(=O)CC3CSCCN3)cc21. The van der Waals surface area contributed by atoms with Crippen LogP contribution in [0.5, 0.6) is 0 Å². The monoisotopic (exact) mass is 317 g/mol. The molecule has 0 radical (unpaired) electrons. The molecular weight excluding hydrogens is 294 g/mol. The van der Waals surface area contributed by atoms with Crippen LogP contribution in [0.1, 0.15) is 19.8 Å². The zero-order chi connectivity index (χ0) is 15.4. The summed E-state index contributed by atoms with van der Waals surface area (Å²) in [7, 11) is 0. The van der Waals surface area contributed by atoms with Crippen molar-refractivity contribution < 1.29 is 4.79 Å². The molecule has 5 heteroatoms. The molecule has 3 rings (SSSR count). The first-order valence-corrected chi connectivity index (χ1v) is 9.11. The van der Waals surface area contributed by atoms with Gasteiger partial charge in [0.25, 0.3) is 0 Å². The van der Waals surface area contributed by atoms with Gasteiger partial charge in [-0.25, -0.2) is 0 Å². The number of amides is 1. The fourth-order valence-corrected chi connectivity index (χ4v) is 3.83. The zero-order valence-electron chi connectivity index (χ0n) is 13.0. The van der Waals surface area contributed by atoms with Gasteiger partial charge >= 0.3 is 0 Å². The molecule has 22 heavy (non-hydrogen) atoms. The smallest absolute Gasteiger partial charge is 0.225 e. The van der Waals surface area contributed by atoms with Gasteiger partial charge in [0.05, 0.1) is 5.52 Å². The fourth-order valence-electron chi connectivity index (χ4n) is 2.88. The number of fused-ring (bicyclic) bond motifs is 1. The average molecular weight is 317 g/mol. The van der Waals surface area contributed by atoms with Gasteiger partial charge in [-0.05, 0) is 30.0 Å².